The van der Waals surface area contributed by atoms with Crippen LogP contribution in [0.2, 0.25) is 0 Å². The van der Waals surface area contributed by atoms with E-state index in [4.69, 9.17) is 4.74 Å². The summed E-state index contributed by atoms with van der Waals surface area (Å²) < 4.78 is 32.2. The number of hydrogen-bond donors (Lipinski definition) is 2. The van der Waals surface area contributed by atoms with Crippen molar-refractivity contribution in [2.45, 2.75) is 24.0 Å². The van der Waals surface area contributed by atoms with Gasteiger partial charge in [-0.1, -0.05) is 30.3 Å². The van der Waals surface area contributed by atoms with Gasteiger partial charge in [0, 0.05) is 44.8 Å². The Morgan fingerprint density at radius 2 is 1.75 bits per heavy atom. The van der Waals surface area contributed by atoms with E-state index in [1.165, 1.54) is 16.4 Å². The number of sulfonamides is 1. The predicted octanol–water partition coefficient (Wildman–Crippen LogP) is 1.31. The van der Waals surface area contributed by atoms with Gasteiger partial charge in [-0.05, 0) is 29.8 Å². The number of alkyl carbamates (subject to hydrolysis) is 1. The molecule has 2 aliphatic heterocycles. The molecule has 0 bridgehead atoms. The monoisotopic (exact) mass is 458 g/mol. The van der Waals surface area contributed by atoms with Crippen LogP contribution in [0.25, 0.3) is 0 Å². The van der Waals surface area contributed by atoms with Gasteiger partial charge < -0.3 is 20.3 Å². The van der Waals surface area contributed by atoms with Crippen LogP contribution in [0.15, 0.2) is 59.5 Å². The first kappa shape index (κ1) is 22.3. The summed E-state index contributed by atoms with van der Waals surface area (Å²) in [5.41, 5.74) is 1.47. The van der Waals surface area contributed by atoms with Crippen LogP contribution in [0.4, 0.5) is 10.5 Å². The number of amides is 2. The molecule has 0 saturated carbocycles. The Balaban J connectivity index is 1.34. The first-order valence-corrected chi connectivity index (χ1v) is 12.0. The normalized spacial score (nSPS) is 19.7. The zero-order valence-electron chi connectivity index (χ0n) is 17.6. The standard InChI is InChI=1S/C22H26N4O5S/c27-21-14-18(24-22(28)31-16-17-4-2-1-3-5-17)15-26(21)19-6-8-20(9-7-19)32(29,30)25-12-10-23-11-13-25/h1-9,18,23H,10-16H2,(H,24,28)/t18-/m1/s1. The number of nitrogens with one attached hydrogen (secondary N) is 2. The minimum atomic E-state index is -3.56. The van der Waals surface area contributed by atoms with Gasteiger partial charge in [0.05, 0.1) is 10.9 Å². The van der Waals surface area contributed by atoms with Crippen LogP contribution in [-0.4, -0.2) is 63.5 Å². The molecule has 0 aliphatic carbocycles. The van der Waals surface area contributed by atoms with Gasteiger partial charge >= 0.3 is 6.09 Å². The highest BCUT2D eigenvalue weighted by molar-refractivity contribution is 7.89. The number of carbonyl (C=O) groups excluding carboxylic acids is 2. The molecule has 2 fully saturated rings. The summed E-state index contributed by atoms with van der Waals surface area (Å²) in [4.78, 5) is 26.3. The minimum absolute atomic E-state index is 0.143. The van der Waals surface area contributed by atoms with Crippen LogP contribution in [0.3, 0.4) is 0 Å². The first-order valence-electron chi connectivity index (χ1n) is 10.5. The highest BCUT2D eigenvalue weighted by Crippen LogP contribution is 2.25. The molecule has 2 N–H and O–H groups in total. The maximum absolute atomic E-state index is 12.8. The Kier molecular flexibility index (Phi) is 6.73. The number of nitrogens with zero attached hydrogens (tertiary/aromatic N) is 2. The Labute approximate surface area is 187 Å². The van der Waals surface area contributed by atoms with E-state index in [1.54, 1.807) is 17.0 Å². The summed E-state index contributed by atoms with van der Waals surface area (Å²) in [6.07, 6.45) is -0.424. The van der Waals surface area contributed by atoms with Crippen molar-refractivity contribution >= 4 is 27.7 Å². The van der Waals surface area contributed by atoms with E-state index in [1.807, 2.05) is 30.3 Å². The summed E-state index contributed by atoms with van der Waals surface area (Å²) in [5.74, 6) is -0.143. The molecule has 32 heavy (non-hydrogen) atoms. The van der Waals surface area contributed by atoms with Crippen molar-refractivity contribution in [1.29, 1.82) is 0 Å². The summed E-state index contributed by atoms with van der Waals surface area (Å²) >= 11 is 0. The van der Waals surface area contributed by atoms with Crippen molar-refractivity contribution in [2.24, 2.45) is 0 Å². The van der Waals surface area contributed by atoms with E-state index in [0.717, 1.165) is 5.56 Å². The quantitative estimate of drug-likeness (QED) is 0.676. The molecule has 2 heterocycles. The van der Waals surface area contributed by atoms with Crippen molar-refractivity contribution < 1.29 is 22.7 Å². The lowest BCUT2D eigenvalue weighted by Crippen LogP contribution is -2.46. The Morgan fingerprint density at radius 3 is 2.44 bits per heavy atom. The summed E-state index contributed by atoms with van der Waals surface area (Å²) in [5, 5.41) is 5.86. The molecule has 0 unspecified atom stereocenters. The fourth-order valence-corrected chi connectivity index (χ4v) is 5.26. The number of ether oxygens (including phenoxy) is 1. The van der Waals surface area contributed by atoms with Gasteiger partial charge in [-0.3, -0.25) is 4.79 Å². The van der Waals surface area contributed by atoms with Gasteiger partial charge in [0.15, 0.2) is 0 Å². The van der Waals surface area contributed by atoms with E-state index in [0.29, 0.717) is 38.4 Å². The fourth-order valence-electron chi connectivity index (χ4n) is 3.82. The van der Waals surface area contributed by atoms with Crippen LogP contribution in [0, 0.1) is 0 Å². The Bertz CT molecular complexity index is 1050. The third-order valence-corrected chi connectivity index (χ3v) is 7.43. The third-order valence-electron chi connectivity index (χ3n) is 5.52. The average molecular weight is 459 g/mol. The number of anilines is 1. The second-order valence-electron chi connectivity index (χ2n) is 7.76. The molecule has 2 saturated heterocycles. The van der Waals surface area contributed by atoms with E-state index in [2.05, 4.69) is 10.6 Å². The molecule has 2 aliphatic rings. The first-order chi connectivity index (χ1) is 15.4. The van der Waals surface area contributed by atoms with Crippen LogP contribution < -0.4 is 15.5 Å². The van der Waals surface area contributed by atoms with Gasteiger partial charge in [0.25, 0.3) is 0 Å². The molecule has 0 aromatic heterocycles. The minimum Gasteiger partial charge on any atom is -0.445 e. The van der Waals surface area contributed by atoms with Crippen molar-refractivity contribution in [3.8, 4) is 0 Å². The second kappa shape index (κ2) is 9.68. The molecule has 0 spiro atoms. The van der Waals surface area contributed by atoms with E-state index < -0.39 is 16.1 Å². The van der Waals surface area contributed by atoms with E-state index >= 15 is 0 Å². The lowest BCUT2D eigenvalue weighted by Gasteiger charge is -2.26. The summed E-state index contributed by atoms with van der Waals surface area (Å²) in [7, 11) is -3.56. The van der Waals surface area contributed by atoms with Crippen LogP contribution in [0.1, 0.15) is 12.0 Å². The average Bonchev–Trinajstić information content (AvgIpc) is 3.18. The van der Waals surface area contributed by atoms with Gasteiger partial charge in [-0.25, -0.2) is 13.2 Å². The molecule has 1 atom stereocenters. The van der Waals surface area contributed by atoms with Gasteiger partial charge in [-0.15, -0.1) is 0 Å². The highest BCUT2D eigenvalue weighted by Gasteiger charge is 2.32. The Morgan fingerprint density at radius 1 is 1.06 bits per heavy atom. The molecule has 170 valence electrons. The maximum atomic E-state index is 12.8. The van der Waals surface area contributed by atoms with Gasteiger partial charge in [0.1, 0.15) is 6.61 Å². The van der Waals surface area contributed by atoms with Crippen molar-refractivity contribution in [3.63, 3.8) is 0 Å². The molecule has 2 aromatic rings. The summed E-state index contributed by atoms with van der Waals surface area (Å²) in [6, 6.07) is 15.3. The fraction of sp³-hybridized carbons (Fsp3) is 0.364. The zero-order valence-corrected chi connectivity index (χ0v) is 18.4. The predicted molar refractivity (Wildman–Crippen MR) is 119 cm³/mol. The lowest BCUT2D eigenvalue weighted by atomic mass is 10.2. The van der Waals surface area contributed by atoms with Crippen molar-refractivity contribution in [2.75, 3.05) is 37.6 Å². The van der Waals surface area contributed by atoms with Crippen molar-refractivity contribution in [1.82, 2.24) is 14.9 Å². The smallest absolute Gasteiger partial charge is 0.407 e. The maximum Gasteiger partial charge on any atom is 0.407 e. The molecule has 9 nitrogen and oxygen atoms in total. The number of benzene rings is 2. The van der Waals surface area contributed by atoms with Crippen LogP contribution in [-0.2, 0) is 26.2 Å². The second-order valence-corrected chi connectivity index (χ2v) is 9.70. The number of rotatable bonds is 6. The molecule has 2 aromatic carbocycles. The Hall–Kier alpha value is -2.95. The van der Waals surface area contributed by atoms with E-state index in [-0.39, 0.29) is 29.9 Å². The molecule has 4 rings (SSSR count). The van der Waals surface area contributed by atoms with Crippen LogP contribution >= 0.6 is 0 Å². The van der Waals surface area contributed by atoms with Crippen LogP contribution in [0.5, 0.6) is 0 Å². The molecular formula is C22H26N4O5S. The molecule has 0 radical (unpaired) electrons. The van der Waals surface area contributed by atoms with E-state index in [9.17, 15) is 18.0 Å². The zero-order chi connectivity index (χ0) is 22.6. The number of hydrogen-bond acceptors (Lipinski definition) is 6. The topological polar surface area (TPSA) is 108 Å². The largest absolute Gasteiger partial charge is 0.445 e. The highest BCUT2D eigenvalue weighted by atomic mass is 32.2. The summed E-state index contributed by atoms with van der Waals surface area (Å²) in [6.45, 7) is 2.57. The van der Waals surface area contributed by atoms with Crippen molar-refractivity contribution in [3.05, 3.63) is 60.2 Å². The lowest BCUT2D eigenvalue weighted by molar-refractivity contribution is -0.117. The molecule has 2 amide bonds. The third kappa shape index (κ3) is 5.09. The number of carbonyl (C=O) groups is 2. The molecular weight excluding hydrogens is 432 g/mol. The van der Waals surface area contributed by atoms with Gasteiger partial charge in [-0.2, -0.15) is 4.31 Å². The molecule has 10 heteroatoms. The SMILES string of the molecule is O=C(N[C@@H]1CC(=O)N(c2ccc(S(=O)(=O)N3CCNCC3)cc2)C1)OCc1ccccc1. The van der Waals surface area contributed by atoms with Gasteiger partial charge in [0.2, 0.25) is 15.9 Å². The number of piperazine rings is 1.